The molecule has 110 valence electrons. The van der Waals surface area contributed by atoms with E-state index in [0.717, 1.165) is 18.7 Å². The molecular formula is C15H16N2O4. The average Bonchev–Trinajstić information content (AvgIpc) is 2.89. The van der Waals surface area contributed by atoms with E-state index >= 15 is 0 Å². The second-order valence-electron chi connectivity index (χ2n) is 4.74. The Morgan fingerprint density at radius 1 is 1.33 bits per heavy atom. The van der Waals surface area contributed by atoms with Crippen LogP contribution in [0, 0.1) is 0 Å². The monoisotopic (exact) mass is 288 g/mol. The zero-order valence-electron chi connectivity index (χ0n) is 11.7. The summed E-state index contributed by atoms with van der Waals surface area (Å²) in [6.07, 6.45) is 1.80. The molecule has 0 aromatic heterocycles. The number of ether oxygens (including phenoxy) is 2. The number of nitrogens with zero attached hydrogens (tertiary/aromatic N) is 2. The van der Waals surface area contributed by atoms with Gasteiger partial charge < -0.3 is 19.2 Å². The molecule has 2 heterocycles. The van der Waals surface area contributed by atoms with Gasteiger partial charge in [0.1, 0.15) is 17.0 Å². The number of hydrogen-bond acceptors (Lipinski definition) is 6. The Morgan fingerprint density at radius 3 is 2.90 bits per heavy atom. The topological polar surface area (TPSA) is 60.4 Å². The van der Waals surface area contributed by atoms with Gasteiger partial charge in [0.2, 0.25) is 0 Å². The van der Waals surface area contributed by atoms with Crippen molar-refractivity contribution in [1.82, 2.24) is 4.90 Å². The normalized spacial score (nSPS) is 20.4. The van der Waals surface area contributed by atoms with Crippen LogP contribution in [0.3, 0.4) is 0 Å². The van der Waals surface area contributed by atoms with E-state index in [-0.39, 0.29) is 0 Å². The Balaban J connectivity index is 1.89. The number of benzene rings is 1. The zero-order chi connectivity index (χ0) is 14.7. The van der Waals surface area contributed by atoms with Crippen LogP contribution in [0.2, 0.25) is 0 Å². The molecule has 0 bridgehead atoms. The molecule has 0 aliphatic carbocycles. The van der Waals surface area contributed by atoms with Crippen molar-refractivity contribution < 1.29 is 19.1 Å². The van der Waals surface area contributed by atoms with Crippen molar-refractivity contribution in [3.63, 3.8) is 0 Å². The maximum atomic E-state index is 11.9. The summed E-state index contributed by atoms with van der Waals surface area (Å²) >= 11 is 0. The first-order valence-corrected chi connectivity index (χ1v) is 6.75. The predicted molar refractivity (Wildman–Crippen MR) is 76.1 cm³/mol. The maximum Gasteiger partial charge on any atom is 0.369 e. The molecule has 21 heavy (non-hydrogen) atoms. The third kappa shape index (κ3) is 2.90. The lowest BCUT2D eigenvalue weighted by Gasteiger charge is -2.25. The molecule has 2 aliphatic rings. The molecule has 6 heteroatoms. The van der Waals surface area contributed by atoms with Gasteiger partial charge >= 0.3 is 5.97 Å². The predicted octanol–water partition coefficient (Wildman–Crippen LogP) is 1.17. The van der Waals surface area contributed by atoms with Crippen molar-refractivity contribution in [3.8, 4) is 5.75 Å². The van der Waals surface area contributed by atoms with Gasteiger partial charge in [-0.25, -0.2) is 4.79 Å². The Kier molecular flexibility index (Phi) is 3.87. The van der Waals surface area contributed by atoms with Gasteiger partial charge in [-0.3, -0.25) is 0 Å². The van der Waals surface area contributed by atoms with Crippen molar-refractivity contribution in [2.75, 3.05) is 33.4 Å². The van der Waals surface area contributed by atoms with E-state index in [2.05, 4.69) is 5.16 Å². The smallest absolute Gasteiger partial charge is 0.369 e. The van der Waals surface area contributed by atoms with Gasteiger partial charge in [0.25, 0.3) is 0 Å². The van der Waals surface area contributed by atoms with E-state index in [0.29, 0.717) is 30.2 Å². The Labute approximate surface area is 122 Å². The number of morpholine rings is 1. The van der Waals surface area contributed by atoms with E-state index in [4.69, 9.17) is 14.3 Å². The largest absolute Gasteiger partial charge is 0.497 e. The summed E-state index contributed by atoms with van der Waals surface area (Å²) in [5.74, 6) is 0.277. The summed E-state index contributed by atoms with van der Waals surface area (Å²) in [7, 11) is 1.60. The molecule has 1 aromatic carbocycles. The molecule has 0 saturated carbocycles. The Bertz CT molecular complexity index is 603. The molecule has 3 rings (SSSR count). The van der Waals surface area contributed by atoms with Crippen LogP contribution in [0.1, 0.15) is 5.56 Å². The Morgan fingerprint density at radius 2 is 2.14 bits per heavy atom. The molecule has 0 N–H and O–H groups in total. The van der Waals surface area contributed by atoms with Crippen LogP contribution in [0.5, 0.6) is 5.75 Å². The van der Waals surface area contributed by atoms with Crippen molar-refractivity contribution in [2.24, 2.45) is 5.16 Å². The van der Waals surface area contributed by atoms with Gasteiger partial charge in [0.15, 0.2) is 0 Å². The molecule has 1 saturated heterocycles. The summed E-state index contributed by atoms with van der Waals surface area (Å²) < 4.78 is 10.5. The Hall–Kier alpha value is -2.34. The SMILES string of the molecule is COc1cccc(C2=NOC(=O)C2=CN2CCOCC2)c1. The third-order valence-electron chi connectivity index (χ3n) is 3.40. The second-order valence-corrected chi connectivity index (χ2v) is 4.74. The highest BCUT2D eigenvalue weighted by Crippen LogP contribution is 2.22. The quantitative estimate of drug-likeness (QED) is 0.617. The molecule has 0 unspecified atom stereocenters. The van der Waals surface area contributed by atoms with E-state index < -0.39 is 5.97 Å². The van der Waals surface area contributed by atoms with Crippen molar-refractivity contribution in [1.29, 1.82) is 0 Å². The van der Waals surface area contributed by atoms with Crippen molar-refractivity contribution >= 4 is 11.7 Å². The van der Waals surface area contributed by atoms with Crippen LogP contribution < -0.4 is 4.74 Å². The van der Waals surface area contributed by atoms with Crippen molar-refractivity contribution in [2.45, 2.75) is 0 Å². The highest BCUT2D eigenvalue weighted by molar-refractivity contribution is 6.28. The summed E-state index contributed by atoms with van der Waals surface area (Å²) in [4.78, 5) is 18.8. The molecule has 2 aliphatic heterocycles. The summed E-state index contributed by atoms with van der Waals surface area (Å²) in [5, 5.41) is 3.89. The third-order valence-corrected chi connectivity index (χ3v) is 3.40. The van der Waals surface area contributed by atoms with Crippen LogP contribution in [0.4, 0.5) is 0 Å². The number of carbonyl (C=O) groups excluding carboxylic acids is 1. The van der Waals surface area contributed by atoms with Gasteiger partial charge in [0.05, 0.1) is 20.3 Å². The summed E-state index contributed by atoms with van der Waals surface area (Å²) in [6.45, 7) is 2.82. The average molecular weight is 288 g/mol. The lowest BCUT2D eigenvalue weighted by molar-refractivity contribution is -0.137. The minimum Gasteiger partial charge on any atom is -0.497 e. The molecule has 6 nitrogen and oxygen atoms in total. The van der Waals surface area contributed by atoms with Crippen LogP contribution in [0.15, 0.2) is 41.2 Å². The molecular weight excluding hydrogens is 272 g/mol. The number of hydrogen-bond donors (Lipinski definition) is 0. The first-order chi connectivity index (χ1) is 10.3. The fourth-order valence-electron chi connectivity index (χ4n) is 2.26. The number of rotatable bonds is 3. The minimum absolute atomic E-state index is 0.431. The maximum absolute atomic E-state index is 11.9. The minimum atomic E-state index is -0.431. The van der Waals surface area contributed by atoms with E-state index in [1.54, 1.807) is 13.3 Å². The van der Waals surface area contributed by atoms with Gasteiger partial charge in [-0.15, -0.1) is 0 Å². The lowest BCUT2D eigenvalue weighted by atomic mass is 10.0. The van der Waals surface area contributed by atoms with Crippen LogP contribution >= 0.6 is 0 Å². The molecule has 0 spiro atoms. The molecule has 0 radical (unpaired) electrons. The van der Waals surface area contributed by atoms with Gasteiger partial charge in [-0.1, -0.05) is 17.3 Å². The zero-order valence-corrected chi connectivity index (χ0v) is 11.7. The van der Waals surface area contributed by atoms with Gasteiger partial charge in [-0.2, -0.15) is 0 Å². The van der Waals surface area contributed by atoms with Crippen molar-refractivity contribution in [3.05, 3.63) is 41.6 Å². The van der Waals surface area contributed by atoms with Gasteiger partial charge in [-0.05, 0) is 12.1 Å². The highest BCUT2D eigenvalue weighted by Gasteiger charge is 2.28. The molecule has 0 amide bonds. The number of carbonyl (C=O) groups is 1. The molecule has 0 atom stereocenters. The number of methoxy groups -OCH3 is 1. The fourth-order valence-corrected chi connectivity index (χ4v) is 2.26. The number of oxime groups is 1. The second kappa shape index (κ2) is 5.97. The summed E-state index contributed by atoms with van der Waals surface area (Å²) in [6, 6.07) is 7.39. The first-order valence-electron chi connectivity index (χ1n) is 6.75. The summed E-state index contributed by atoms with van der Waals surface area (Å²) in [5.41, 5.74) is 1.79. The highest BCUT2D eigenvalue weighted by atomic mass is 16.7. The fraction of sp³-hybridized carbons (Fsp3) is 0.333. The van der Waals surface area contributed by atoms with Crippen LogP contribution in [0.25, 0.3) is 0 Å². The molecule has 1 fully saturated rings. The van der Waals surface area contributed by atoms with E-state index in [1.807, 2.05) is 29.2 Å². The van der Waals surface area contributed by atoms with E-state index in [1.165, 1.54) is 0 Å². The van der Waals surface area contributed by atoms with E-state index in [9.17, 15) is 4.79 Å². The van der Waals surface area contributed by atoms with Crippen LogP contribution in [-0.4, -0.2) is 50.0 Å². The standard InChI is InChI=1S/C15H16N2O4/c1-19-12-4-2-3-11(9-12)14-13(15(18)21-16-14)10-17-5-7-20-8-6-17/h2-4,9-10H,5-8H2,1H3. The van der Waals surface area contributed by atoms with Gasteiger partial charge in [0, 0.05) is 24.9 Å². The lowest BCUT2D eigenvalue weighted by Crippen LogP contribution is -2.33. The molecule has 1 aromatic rings. The van der Waals surface area contributed by atoms with Crippen LogP contribution in [-0.2, 0) is 14.4 Å². The first kappa shape index (κ1) is 13.6.